The van der Waals surface area contributed by atoms with Gasteiger partial charge in [0.15, 0.2) is 0 Å². The normalized spacial score (nSPS) is 20.7. The molecule has 1 aliphatic carbocycles. The lowest BCUT2D eigenvalue weighted by atomic mass is 9.88. The molecular weight excluding hydrogens is 397 g/mol. The molecule has 0 bridgehead atoms. The number of benzene rings is 1. The molecule has 0 unspecified atom stereocenters. The number of piperazine rings is 1. The topological polar surface area (TPSA) is 36.8 Å². The van der Waals surface area contributed by atoms with E-state index in [0.29, 0.717) is 5.69 Å². The van der Waals surface area contributed by atoms with Crippen LogP contribution < -0.4 is 15.1 Å². The van der Waals surface area contributed by atoms with Gasteiger partial charge in [0.05, 0.1) is 42.8 Å². The van der Waals surface area contributed by atoms with Crippen molar-refractivity contribution in [1.82, 2.24) is 5.32 Å². The molecule has 2 heterocycles. The summed E-state index contributed by atoms with van der Waals surface area (Å²) in [4.78, 5) is 17.8. The molecule has 6 heteroatoms. The fourth-order valence-corrected chi connectivity index (χ4v) is 6.10. The van der Waals surface area contributed by atoms with E-state index in [2.05, 4.69) is 34.7 Å². The highest BCUT2D eigenvalue weighted by atomic mass is 32.1. The minimum Gasteiger partial charge on any atom is -0.358 e. The number of amides is 1. The van der Waals surface area contributed by atoms with Gasteiger partial charge in [-0.25, -0.2) is 4.39 Å². The van der Waals surface area contributed by atoms with Crippen molar-refractivity contribution in [1.29, 1.82) is 0 Å². The van der Waals surface area contributed by atoms with Crippen LogP contribution in [0.25, 0.3) is 0 Å². The lowest BCUT2D eigenvalue weighted by Crippen LogP contribution is -3.16. The van der Waals surface area contributed by atoms with Crippen LogP contribution in [0.1, 0.15) is 49.9 Å². The Hall–Kier alpha value is -1.92. The molecule has 2 N–H and O–H groups in total. The Morgan fingerprint density at radius 2 is 1.87 bits per heavy atom. The smallest absolute Gasteiger partial charge is 0.223 e. The number of para-hydroxylation sites is 1. The number of thiophene rings is 1. The van der Waals surface area contributed by atoms with Crippen LogP contribution in [0.5, 0.6) is 0 Å². The summed E-state index contributed by atoms with van der Waals surface area (Å²) in [6.07, 6.45) is 5.65. The van der Waals surface area contributed by atoms with E-state index in [4.69, 9.17) is 0 Å². The van der Waals surface area contributed by atoms with Gasteiger partial charge in [0.1, 0.15) is 11.9 Å². The van der Waals surface area contributed by atoms with E-state index in [1.54, 1.807) is 17.4 Å². The molecule has 2 aromatic rings. The summed E-state index contributed by atoms with van der Waals surface area (Å²) < 4.78 is 14.2. The lowest BCUT2D eigenvalue weighted by Gasteiger charge is -2.39. The number of quaternary nitrogens is 1. The summed E-state index contributed by atoms with van der Waals surface area (Å²) in [6.45, 7) is 5.66. The molecule has 30 heavy (non-hydrogen) atoms. The number of carbonyl (C=O) groups is 1. The van der Waals surface area contributed by atoms with Gasteiger partial charge in [-0.2, -0.15) is 0 Å². The molecule has 0 radical (unpaired) electrons. The minimum absolute atomic E-state index is 0.0769. The van der Waals surface area contributed by atoms with Crippen molar-refractivity contribution in [2.45, 2.75) is 51.1 Å². The Bertz CT molecular complexity index is 814. The monoisotopic (exact) mass is 430 g/mol. The van der Waals surface area contributed by atoms with E-state index in [-0.39, 0.29) is 29.7 Å². The number of halogens is 1. The Balaban J connectivity index is 1.43. The molecule has 1 aliphatic heterocycles. The molecule has 1 aromatic heterocycles. The van der Waals surface area contributed by atoms with Gasteiger partial charge in [-0.3, -0.25) is 4.79 Å². The molecule has 1 saturated heterocycles. The van der Waals surface area contributed by atoms with Crippen LogP contribution in [0.3, 0.4) is 0 Å². The fraction of sp³-hybridized carbons (Fsp3) is 0.542. The summed E-state index contributed by atoms with van der Waals surface area (Å²) >= 11 is 1.77. The average molecular weight is 431 g/mol. The highest BCUT2D eigenvalue weighted by Gasteiger charge is 2.35. The number of nitrogens with zero attached hydrogens (tertiary/aromatic N) is 1. The number of anilines is 1. The highest BCUT2D eigenvalue weighted by molar-refractivity contribution is 7.10. The second-order valence-electron chi connectivity index (χ2n) is 8.72. The molecule has 2 aliphatic rings. The van der Waals surface area contributed by atoms with E-state index in [1.807, 2.05) is 12.1 Å². The molecule has 2 fully saturated rings. The zero-order valence-corrected chi connectivity index (χ0v) is 18.6. The summed E-state index contributed by atoms with van der Waals surface area (Å²) in [6, 6.07) is 11.6. The first-order valence-electron chi connectivity index (χ1n) is 11.3. The van der Waals surface area contributed by atoms with E-state index < -0.39 is 0 Å². The van der Waals surface area contributed by atoms with Gasteiger partial charge in [-0.05, 0) is 43.3 Å². The minimum atomic E-state index is -0.149. The lowest BCUT2D eigenvalue weighted by molar-refractivity contribution is -0.933. The number of carbonyl (C=O) groups excluding carboxylic acids is 1. The van der Waals surface area contributed by atoms with E-state index in [9.17, 15) is 9.18 Å². The molecule has 4 nitrogen and oxygen atoms in total. The van der Waals surface area contributed by atoms with Gasteiger partial charge >= 0.3 is 0 Å². The van der Waals surface area contributed by atoms with Crippen LogP contribution in [-0.2, 0) is 4.79 Å². The quantitative estimate of drug-likeness (QED) is 0.737. The van der Waals surface area contributed by atoms with Gasteiger partial charge < -0.3 is 15.1 Å². The maximum atomic E-state index is 14.2. The third kappa shape index (κ3) is 4.86. The van der Waals surface area contributed by atoms with Crippen molar-refractivity contribution in [2.75, 3.05) is 31.1 Å². The van der Waals surface area contributed by atoms with Crippen molar-refractivity contribution >= 4 is 22.9 Å². The van der Waals surface area contributed by atoms with Crippen LogP contribution in [0.15, 0.2) is 41.8 Å². The van der Waals surface area contributed by atoms with Gasteiger partial charge in [0.25, 0.3) is 0 Å². The average Bonchev–Trinajstić information content (AvgIpc) is 3.30. The molecule has 0 spiro atoms. The van der Waals surface area contributed by atoms with Crippen LogP contribution in [0, 0.1) is 11.7 Å². The molecule has 1 amide bonds. The largest absolute Gasteiger partial charge is 0.358 e. The van der Waals surface area contributed by atoms with Crippen molar-refractivity contribution in [3.63, 3.8) is 0 Å². The first kappa shape index (κ1) is 21.3. The number of hydrogen-bond acceptors (Lipinski definition) is 3. The van der Waals surface area contributed by atoms with E-state index in [0.717, 1.165) is 39.0 Å². The van der Waals surface area contributed by atoms with Gasteiger partial charge in [0.2, 0.25) is 5.91 Å². The standard InChI is InChI=1S/C24H32FN3OS/c1-18(26-24(29)19-8-3-2-4-9-19)23(22-12-7-17-30-22)28-15-13-27(14-16-28)21-11-6-5-10-20(21)25/h5-7,10-12,17-19,23H,2-4,8-9,13-16H2,1H3,(H,26,29)/p+1/t18-,23-/m0/s1. The highest BCUT2D eigenvalue weighted by Crippen LogP contribution is 2.26. The van der Waals surface area contributed by atoms with Crippen molar-refractivity contribution in [3.8, 4) is 0 Å². The van der Waals surface area contributed by atoms with Gasteiger partial charge in [-0.1, -0.05) is 37.5 Å². The molecule has 1 saturated carbocycles. The third-order valence-electron chi connectivity index (χ3n) is 6.73. The molecule has 4 rings (SSSR count). The predicted octanol–water partition coefficient (Wildman–Crippen LogP) is 3.42. The third-order valence-corrected chi connectivity index (χ3v) is 7.69. The zero-order valence-electron chi connectivity index (χ0n) is 17.8. The van der Waals surface area contributed by atoms with Crippen molar-refractivity contribution in [2.24, 2.45) is 5.92 Å². The summed E-state index contributed by atoms with van der Waals surface area (Å²) in [7, 11) is 0. The summed E-state index contributed by atoms with van der Waals surface area (Å²) in [5.74, 6) is 0.259. The second-order valence-corrected chi connectivity index (χ2v) is 9.70. The maximum absolute atomic E-state index is 14.2. The molecule has 1 aromatic carbocycles. The Labute approximate surface area is 183 Å². The van der Waals surface area contributed by atoms with Crippen molar-refractivity contribution in [3.05, 3.63) is 52.5 Å². The van der Waals surface area contributed by atoms with E-state index >= 15 is 0 Å². The molecular formula is C24H33FN3OS+. The van der Waals surface area contributed by atoms with E-state index in [1.165, 1.54) is 35.1 Å². The van der Waals surface area contributed by atoms with Crippen molar-refractivity contribution < 1.29 is 14.1 Å². The summed E-state index contributed by atoms with van der Waals surface area (Å²) in [5, 5.41) is 5.48. The Kier molecular flexibility index (Phi) is 7.05. The Morgan fingerprint density at radius 3 is 2.53 bits per heavy atom. The number of nitrogens with one attached hydrogen (secondary N) is 2. The molecule has 162 valence electrons. The summed E-state index contributed by atoms with van der Waals surface area (Å²) in [5.41, 5.74) is 0.697. The molecule has 2 atom stereocenters. The van der Waals surface area contributed by atoms with Crippen LogP contribution in [0.4, 0.5) is 10.1 Å². The first-order valence-corrected chi connectivity index (χ1v) is 12.2. The van der Waals surface area contributed by atoms with Gasteiger partial charge in [0, 0.05) is 5.92 Å². The first-order chi connectivity index (χ1) is 14.6. The number of hydrogen-bond donors (Lipinski definition) is 2. The van der Waals surface area contributed by atoms with Crippen LogP contribution >= 0.6 is 11.3 Å². The fourth-order valence-electron chi connectivity index (χ4n) is 5.11. The van der Waals surface area contributed by atoms with Gasteiger partial charge in [-0.15, -0.1) is 11.3 Å². The predicted molar refractivity (Wildman–Crippen MR) is 121 cm³/mol. The maximum Gasteiger partial charge on any atom is 0.223 e. The van der Waals surface area contributed by atoms with Crippen LogP contribution in [-0.4, -0.2) is 38.1 Å². The SMILES string of the molecule is C[C@H](NC(=O)C1CCCCC1)[C@@H](c1cccs1)[NH+]1CCN(c2ccccc2F)CC1. The Morgan fingerprint density at radius 1 is 1.13 bits per heavy atom. The second kappa shape index (κ2) is 9.92. The number of rotatable bonds is 6. The zero-order chi connectivity index (χ0) is 20.9. The van der Waals surface area contributed by atoms with Crippen LogP contribution in [0.2, 0.25) is 0 Å².